The molecule has 0 aliphatic heterocycles. The Bertz CT molecular complexity index is 548. The van der Waals surface area contributed by atoms with Crippen molar-refractivity contribution in [2.75, 3.05) is 6.54 Å². The summed E-state index contributed by atoms with van der Waals surface area (Å²) in [6, 6.07) is 18.9. The monoisotopic (exact) mass is 267 g/mol. The summed E-state index contributed by atoms with van der Waals surface area (Å²) in [6.45, 7) is 0.664. The van der Waals surface area contributed by atoms with Crippen LogP contribution in [0.1, 0.15) is 29.9 Å². The van der Waals surface area contributed by atoms with E-state index < -0.39 is 0 Å². The van der Waals surface area contributed by atoms with Gasteiger partial charge in [-0.15, -0.1) is 0 Å². The van der Waals surface area contributed by atoms with Gasteiger partial charge in [0.2, 0.25) is 0 Å². The second-order valence-corrected chi connectivity index (χ2v) is 5.51. The predicted molar refractivity (Wildman–Crippen MR) is 82.0 cm³/mol. The molecular weight excluding hydrogens is 246 g/mol. The van der Waals surface area contributed by atoms with E-state index in [0.29, 0.717) is 18.6 Å². The van der Waals surface area contributed by atoms with Gasteiger partial charge in [-0.05, 0) is 49.1 Å². The third-order valence-electron chi connectivity index (χ3n) is 3.76. The van der Waals surface area contributed by atoms with E-state index in [0.717, 1.165) is 12.2 Å². The molecule has 0 aromatic heterocycles. The Hall–Kier alpha value is -1.80. The summed E-state index contributed by atoms with van der Waals surface area (Å²) >= 11 is 0. The maximum atomic E-state index is 5.95. The number of rotatable bonds is 6. The highest BCUT2D eigenvalue weighted by atomic mass is 16.5. The van der Waals surface area contributed by atoms with Gasteiger partial charge in [0.05, 0.1) is 6.10 Å². The minimum Gasteiger partial charge on any atom is -0.490 e. The van der Waals surface area contributed by atoms with E-state index >= 15 is 0 Å². The van der Waals surface area contributed by atoms with Crippen molar-refractivity contribution in [3.8, 4) is 5.75 Å². The fraction of sp³-hybridized carbons (Fsp3) is 0.333. The van der Waals surface area contributed by atoms with Crippen LogP contribution in [-0.2, 0) is 6.42 Å². The lowest BCUT2D eigenvalue weighted by Gasteiger charge is -2.16. The van der Waals surface area contributed by atoms with E-state index in [2.05, 4.69) is 42.5 Å². The summed E-state index contributed by atoms with van der Waals surface area (Å²) in [7, 11) is 0. The molecule has 0 saturated heterocycles. The van der Waals surface area contributed by atoms with Crippen molar-refractivity contribution in [1.29, 1.82) is 0 Å². The first kappa shape index (κ1) is 13.2. The third-order valence-corrected chi connectivity index (χ3v) is 3.76. The number of ether oxygens (including phenoxy) is 1. The van der Waals surface area contributed by atoms with Crippen molar-refractivity contribution in [3.05, 3.63) is 65.7 Å². The van der Waals surface area contributed by atoms with Crippen molar-refractivity contribution < 1.29 is 4.74 Å². The maximum Gasteiger partial charge on any atom is 0.119 e. The molecule has 2 aromatic rings. The molecule has 1 atom stereocenters. The van der Waals surface area contributed by atoms with Gasteiger partial charge in [-0.3, -0.25) is 0 Å². The average Bonchev–Trinajstić information content (AvgIpc) is 3.30. The molecule has 2 N–H and O–H groups in total. The lowest BCUT2D eigenvalue weighted by atomic mass is 9.92. The average molecular weight is 267 g/mol. The Morgan fingerprint density at radius 2 is 1.85 bits per heavy atom. The molecule has 1 unspecified atom stereocenters. The predicted octanol–water partition coefficient (Wildman–Crippen LogP) is 3.51. The highest BCUT2D eigenvalue weighted by Crippen LogP contribution is 2.28. The molecule has 0 amide bonds. The van der Waals surface area contributed by atoms with Crippen LogP contribution in [0.15, 0.2) is 54.6 Å². The fourth-order valence-electron chi connectivity index (χ4n) is 2.47. The van der Waals surface area contributed by atoms with E-state index in [1.54, 1.807) is 0 Å². The lowest BCUT2D eigenvalue weighted by Crippen LogP contribution is -2.15. The van der Waals surface area contributed by atoms with Crippen LogP contribution in [0.3, 0.4) is 0 Å². The van der Waals surface area contributed by atoms with Crippen LogP contribution in [0.5, 0.6) is 5.75 Å². The van der Waals surface area contributed by atoms with Gasteiger partial charge in [0.1, 0.15) is 5.75 Å². The van der Waals surface area contributed by atoms with Crippen LogP contribution >= 0.6 is 0 Å². The van der Waals surface area contributed by atoms with E-state index in [9.17, 15) is 0 Å². The van der Waals surface area contributed by atoms with Crippen molar-refractivity contribution in [1.82, 2.24) is 0 Å². The summed E-state index contributed by atoms with van der Waals surface area (Å²) < 4.78 is 5.86. The van der Waals surface area contributed by atoms with Crippen LogP contribution in [0.25, 0.3) is 0 Å². The number of hydrogen-bond acceptors (Lipinski definition) is 2. The van der Waals surface area contributed by atoms with Gasteiger partial charge in [0.15, 0.2) is 0 Å². The van der Waals surface area contributed by atoms with Crippen molar-refractivity contribution >= 4 is 0 Å². The summed E-state index contributed by atoms with van der Waals surface area (Å²) in [5, 5.41) is 0. The van der Waals surface area contributed by atoms with Gasteiger partial charge in [-0.2, -0.15) is 0 Å². The first-order valence-corrected chi connectivity index (χ1v) is 7.36. The second kappa shape index (κ2) is 6.10. The Morgan fingerprint density at radius 3 is 2.55 bits per heavy atom. The van der Waals surface area contributed by atoms with E-state index in [4.69, 9.17) is 10.5 Å². The molecule has 0 spiro atoms. The zero-order valence-electron chi connectivity index (χ0n) is 11.7. The molecule has 2 aromatic carbocycles. The molecule has 0 bridgehead atoms. The zero-order chi connectivity index (χ0) is 13.8. The first-order chi connectivity index (χ1) is 9.85. The summed E-state index contributed by atoms with van der Waals surface area (Å²) in [5.74, 6) is 1.36. The van der Waals surface area contributed by atoms with Crippen LogP contribution in [0.2, 0.25) is 0 Å². The third kappa shape index (κ3) is 3.40. The van der Waals surface area contributed by atoms with Crippen molar-refractivity contribution in [2.24, 2.45) is 5.73 Å². The summed E-state index contributed by atoms with van der Waals surface area (Å²) in [6.07, 6.45) is 3.80. The molecule has 2 nitrogen and oxygen atoms in total. The van der Waals surface area contributed by atoms with Gasteiger partial charge in [0, 0.05) is 5.92 Å². The molecule has 1 saturated carbocycles. The van der Waals surface area contributed by atoms with Gasteiger partial charge >= 0.3 is 0 Å². The normalized spacial score (nSPS) is 15.8. The van der Waals surface area contributed by atoms with Crippen molar-refractivity contribution in [2.45, 2.75) is 31.3 Å². The molecular formula is C18H21NO. The molecule has 1 aliphatic carbocycles. The van der Waals surface area contributed by atoms with Crippen LogP contribution in [0.4, 0.5) is 0 Å². The van der Waals surface area contributed by atoms with Crippen LogP contribution in [0, 0.1) is 0 Å². The first-order valence-electron chi connectivity index (χ1n) is 7.36. The molecule has 1 aliphatic rings. The van der Waals surface area contributed by atoms with E-state index in [-0.39, 0.29) is 0 Å². The molecule has 1 fully saturated rings. The highest BCUT2D eigenvalue weighted by molar-refractivity contribution is 5.31. The van der Waals surface area contributed by atoms with Gasteiger partial charge in [-0.25, -0.2) is 0 Å². The summed E-state index contributed by atoms with van der Waals surface area (Å²) in [4.78, 5) is 0. The highest BCUT2D eigenvalue weighted by Gasteiger charge is 2.23. The Kier molecular flexibility index (Phi) is 4.03. The minimum absolute atomic E-state index is 0.368. The molecule has 3 rings (SSSR count). The second-order valence-electron chi connectivity index (χ2n) is 5.51. The molecule has 20 heavy (non-hydrogen) atoms. The zero-order valence-corrected chi connectivity index (χ0v) is 11.7. The standard InChI is InChI=1S/C18H21NO/c19-13-16(15-6-2-1-3-7-15)11-14-5-4-8-18(12-14)20-17-9-10-17/h1-8,12,16-17H,9-11,13,19H2. The fourth-order valence-corrected chi connectivity index (χ4v) is 2.47. The Balaban J connectivity index is 1.71. The number of benzene rings is 2. The smallest absolute Gasteiger partial charge is 0.119 e. The Morgan fingerprint density at radius 1 is 1.05 bits per heavy atom. The van der Waals surface area contributed by atoms with E-state index in [1.165, 1.54) is 24.0 Å². The Labute approximate surface area is 120 Å². The van der Waals surface area contributed by atoms with Gasteiger partial charge < -0.3 is 10.5 Å². The topological polar surface area (TPSA) is 35.2 Å². The van der Waals surface area contributed by atoms with Crippen LogP contribution in [-0.4, -0.2) is 12.6 Å². The molecule has 0 heterocycles. The maximum absolute atomic E-state index is 5.95. The summed E-state index contributed by atoms with van der Waals surface area (Å²) in [5.41, 5.74) is 8.55. The number of nitrogens with two attached hydrogens (primary N) is 1. The lowest BCUT2D eigenvalue weighted by molar-refractivity contribution is 0.303. The van der Waals surface area contributed by atoms with E-state index in [1.807, 2.05) is 12.1 Å². The largest absolute Gasteiger partial charge is 0.490 e. The quantitative estimate of drug-likeness (QED) is 0.869. The SMILES string of the molecule is NCC(Cc1cccc(OC2CC2)c1)c1ccccc1. The number of hydrogen-bond donors (Lipinski definition) is 1. The molecule has 0 radical (unpaired) electrons. The van der Waals surface area contributed by atoms with Crippen molar-refractivity contribution in [3.63, 3.8) is 0 Å². The van der Waals surface area contributed by atoms with Crippen LogP contribution < -0.4 is 10.5 Å². The van der Waals surface area contributed by atoms with Gasteiger partial charge in [-0.1, -0.05) is 42.5 Å². The molecule has 2 heteroatoms. The minimum atomic E-state index is 0.368. The molecule has 104 valence electrons. The van der Waals surface area contributed by atoms with Gasteiger partial charge in [0.25, 0.3) is 0 Å².